The number of hydrogen-bond acceptors (Lipinski definition) is 2. The number of benzene rings is 2. The van der Waals surface area contributed by atoms with Crippen LogP contribution < -0.4 is 10.5 Å². The van der Waals surface area contributed by atoms with Gasteiger partial charge in [-0.3, -0.25) is 0 Å². The zero-order valence-electron chi connectivity index (χ0n) is 12.8. The zero-order chi connectivity index (χ0) is 15.4. The third-order valence-corrected chi connectivity index (χ3v) is 4.84. The van der Waals surface area contributed by atoms with E-state index in [1.165, 1.54) is 16.7 Å². The summed E-state index contributed by atoms with van der Waals surface area (Å²) in [5.74, 6) is 1.72. The average molecular weight is 348 g/mol. The van der Waals surface area contributed by atoms with E-state index in [0.29, 0.717) is 0 Å². The molecule has 0 aliphatic carbocycles. The van der Waals surface area contributed by atoms with Crippen molar-refractivity contribution in [3.05, 3.63) is 57.6 Å². The van der Waals surface area contributed by atoms with Crippen LogP contribution in [0.3, 0.4) is 0 Å². The summed E-state index contributed by atoms with van der Waals surface area (Å²) in [6.45, 7) is 6.25. The fraction of sp³-hybridized carbons (Fsp3) is 0.333. The predicted molar refractivity (Wildman–Crippen MR) is 92.1 cm³/mol. The van der Waals surface area contributed by atoms with Gasteiger partial charge in [-0.15, -0.1) is 0 Å². The van der Waals surface area contributed by atoms with E-state index in [2.05, 4.69) is 48.8 Å². The van der Waals surface area contributed by atoms with Crippen LogP contribution >= 0.6 is 15.9 Å². The van der Waals surface area contributed by atoms with Crippen molar-refractivity contribution in [1.82, 2.24) is 0 Å². The van der Waals surface area contributed by atoms with Crippen LogP contribution in [0, 0.1) is 13.8 Å². The molecule has 2 rings (SSSR count). The topological polar surface area (TPSA) is 35.2 Å². The lowest BCUT2D eigenvalue weighted by Crippen LogP contribution is -2.21. The van der Waals surface area contributed by atoms with Crippen molar-refractivity contribution in [1.29, 1.82) is 0 Å². The van der Waals surface area contributed by atoms with E-state index in [9.17, 15) is 0 Å². The Kier molecular flexibility index (Phi) is 5.43. The molecule has 0 spiro atoms. The highest BCUT2D eigenvalue weighted by molar-refractivity contribution is 9.10. The Hall–Kier alpha value is -1.32. The van der Waals surface area contributed by atoms with E-state index in [-0.39, 0.29) is 6.04 Å². The Morgan fingerprint density at radius 3 is 2.14 bits per heavy atom. The molecule has 2 N–H and O–H groups in total. The summed E-state index contributed by atoms with van der Waals surface area (Å²) in [6, 6.07) is 12.5. The molecule has 3 heteroatoms. The lowest BCUT2D eigenvalue weighted by atomic mass is 10.0. The number of hydrogen-bond donors (Lipinski definition) is 1. The van der Waals surface area contributed by atoms with E-state index in [4.69, 9.17) is 10.5 Å². The van der Waals surface area contributed by atoms with Crippen LogP contribution in [0.15, 0.2) is 40.9 Å². The molecule has 0 radical (unpaired) electrons. The Morgan fingerprint density at radius 1 is 1.05 bits per heavy atom. The SMILES string of the molecule is CCC(N)Cc1ccc(Oc2cc(C)c(Br)c(C)c2)cc1. The number of nitrogens with two attached hydrogens (primary N) is 1. The third-order valence-electron chi connectivity index (χ3n) is 3.59. The molecule has 0 saturated heterocycles. The summed E-state index contributed by atoms with van der Waals surface area (Å²) in [7, 11) is 0. The first-order valence-corrected chi connectivity index (χ1v) is 8.08. The number of aryl methyl sites for hydroxylation is 2. The maximum atomic E-state index is 5.98. The molecule has 2 aromatic rings. The largest absolute Gasteiger partial charge is 0.457 e. The molecule has 1 unspecified atom stereocenters. The quantitative estimate of drug-likeness (QED) is 0.812. The van der Waals surface area contributed by atoms with Gasteiger partial charge < -0.3 is 10.5 Å². The number of ether oxygens (including phenoxy) is 1. The molecular formula is C18H22BrNO. The van der Waals surface area contributed by atoms with Crippen LogP contribution in [0.2, 0.25) is 0 Å². The van der Waals surface area contributed by atoms with Crippen LogP contribution in [-0.2, 0) is 6.42 Å². The lowest BCUT2D eigenvalue weighted by Gasteiger charge is -2.11. The molecule has 21 heavy (non-hydrogen) atoms. The van der Waals surface area contributed by atoms with Gasteiger partial charge in [0.05, 0.1) is 0 Å². The first-order chi connectivity index (χ1) is 9.99. The van der Waals surface area contributed by atoms with Crippen molar-refractivity contribution >= 4 is 15.9 Å². The summed E-state index contributed by atoms with van der Waals surface area (Å²) in [6.07, 6.45) is 1.91. The maximum Gasteiger partial charge on any atom is 0.128 e. The highest BCUT2D eigenvalue weighted by Crippen LogP contribution is 2.29. The van der Waals surface area contributed by atoms with E-state index in [1.54, 1.807) is 0 Å². The molecule has 0 bridgehead atoms. The Bertz CT molecular complexity index is 584. The van der Waals surface area contributed by atoms with E-state index >= 15 is 0 Å². The summed E-state index contributed by atoms with van der Waals surface area (Å²) < 4.78 is 7.07. The Balaban J connectivity index is 2.10. The van der Waals surface area contributed by atoms with Gasteiger partial charge in [-0.25, -0.2) is 0 Å². The second-order valence-corrected chi connectivity index (χ2v) is 6.28. The second-order valence-electron chi connectivity index (χ2n) is 5.49. The van der Waals surface area contributed by atoms with Crippen LogP contribution in [0.4, 0.5) is 0 Å². The number of rotatable bonds is 5. The summed E-state index contributed by atoms with van der Waals surface area (Å²) in [4.78, 5) is 0. The number of halogens is 1. The van der Waals surface area contributed by atoms with Gasteiger partial charge >= 0.3 is 0 Å². The summed E-state index contributed by atoms with van der Waals surface area (Å²) >= 11 is 3.57. The van der Waals surface area contributed by atoms with Crippen molar-refractivity contribution in [3.8, 4) is 11.5 Å². The predicted octanol–water partition coefficient (Wildman–Crippen LogP) is 5.14. The Labute approximate surface area is 135 Å². The van der Waals surface area contributed by atoms with Crippen molar-refractivity contribution in [3.63, 3.8) is 0 Å². The van der Waals surface area contributed by atoms with E-state index < -0.39 is 0 Å². The van der Waals surface area contributed by atoms with Gasteiger partial charge in [0.1, 0.15) is 11.5 Å². The Morgan fingerprint density at radius 2 is 1.62 bits per heavy atom. The first kappa shape index (κ1) is 16.1. The molecule has 0 heterocycles. The normalized spacial score (nSPS) is 12.2. The summed E-state index contributed by atoms with van der Waals surface area (Å²) in [5, 5.41) is 0. The molecule has 0 aliphatic rings. The highest BCUT2D eigenvalue weighted by Gasteiger charge is 2.05. The van der Waals surface area contributed by atoms with Crippen molar-refractivity contribution in [2.24, 2.45) is 5.73 Å². The van der Waals surface area contributed by atoms with Crippen molar-refractivity contribution < 1.29 is 4.74 Å². The minimum atomic E-state index is 0.230. The van der Waals surface area contributed by atoms with E-state index in [1.807, 2.05) is 24.3 Å². The first-order valence-electron chi connectivity index (χ1n) is 7.28. The lowest BCUT2D eigenvalue weighted by molar-refractivity contribution is 0.481. The smallest absolute Gasteiger partial charge is 0.128 e. The zero-order valence-corrected chi connectivity index (χ0v) is 14.4. The van der Waals surface area contributed by atoms with Crippen LogP contribution in [0.1, 0.15) is 30.0 Å². The van der Waals surface area contributed by atoms with Crippen LogP contribution in [0.25, 0.3) is 0 Å². The minimum absolute atomic E-state index is 0.230. The maximum absolute atomic E-state index is 5.98. The minimum Gasteiger partial charge on any atom is -0.457 e. The molecular weight excluding hydrogens is 326 g/mol. The van der Waals surface area contributed by atoms with Crippen LogP contribution in [-0.4, -0.2) is 6.04 Å². The summed E-state index contributed by atoms with van der Waals surface area (Å²) in [5.41, 5.74) is 9.58. The van der Waals surface area contributed by atoms with Gasteiger partial charge in [0.25, 0.3) is 0 Å². The van der Waals surface area contributed by atoms with Gasteiger partial charge in [0, 0.05) is 10.5 Å². The van der Waals surface area contributed by atoms with Crippen molar-refractivity contribution in [2.45, 2.75) is 39.7 Å². The fourth-order valence-corrected chi connectivity index (χ4v) is 2.47. The highest BCUT2D eigenvalue weighted by atomic mass is 79.9. The molecule has 0 fully saturated rings. The monoisotopic (exact) mass is 347 g/mol. The molecule has 2 aromatic carbocycles. The van der Waals surface area contributed by atoms with Gasteiger partial charge in [-0.1, -0.05) is 35.0 Å². The van der Waals surface area contributed by atoms with Crippen molar-refractivity contribution in [2.75, 3.05) is 0 Å². The molecule has 0 aliphatic heterocycles. The molecule has 0 saturated carbocycles. The van der Waals surface area contributed by atoms with Crippen LogP contribution in [0.5, 0.6) is 11.5 Å². The second kappa shape index (κ2) is 7.10. The average Bonchev–Trinajstić information content (AvgIpc) is 2.46. The van der Waals surface area contributed by atoms with E-state index in [0.717, 1.165) is 28.8 Å². The van der Waals surface area contributed by atoms with Gasteiger partial charge in [-0.2, -0.15) is 0 Å². The molecule has 2 nitrogen and oxygen atoms in total. The van der Waals surface area contributed by atoms with Gasteiger partial charge in [0.15, 0.2) is 0 Å². The van der Waals surface area contributed by atoms with Gasteiger partial charge in [-0.05, 0) is 67.6 Å². The van der Waals surface area contributed by atoms with Gasteiger partial charge in [0.2, 0.25) is 0 Å². The molecule has 1 atom stereocenters. The third kappa shape index (κ3) is 4.32. The fourth-order valence-electron chi connectivity index (χ4n) is 2.24. The molecule has 0 aromatic heterocycles. The standard InChI is InChI=1S/C18H22BrNO/c1-4-15(20)11-14-5-7-16(8-6-14)21-17-9-12(2)18(19)13(3)10-17/h5-10,15H,4,11,20H2,1-3H3. The molecule has 112 valence electrons. The molecule has 0 amide bonds.